The molecule has 0 saturated heterocycles. The Bertz CT molecular complexity index is 847. The van der Waals surface area contributed by atoms with Crippen molar-refractivity contribution in [3.63, 3.8) is 0 Å². The first-order chi connectivity index (χ1) is 12.7. The SMILES string of the molecule is N#Cc1cc2c(nc1SCCC(=O)Nc1ccccc1Cl)CCCCC2. The highest BCUT2D eigenvalue weighted by molar-refractivity contribution is 7.99. The monoisotopic (exact) mass is 385 g/mol. The Morgan fingerprint density at radius 3 is 2.88 bits per heavy atom. The fourth-order valence-corrected chi connectivity index (χ4v) is 4.10. The highest BCUT2D eigenvalue weighted by atomic mass is 35.5. The quantitative estimate of drug-likeness (QED) is 0.581. The van der Waals surface area contributed by atoms with E-state index < -0.39 is 0 Å². The van der Waals surface area contributed by atoms with Crippen molar-refractivity contribution in [2.75, 3.05) is 11.1 Å². The summed E-state index contributed by atoms with van der Waals surface area (Å²) in [4.78, 5) is 16.8. The number of amides is 1. The van der Waals surface area contributed by atoms with Gasteiger partial charge in [-0.1, -0.05) is 30.2 Å². The summed E-state index contributed by atoms with van der Waals surface area (Å²) in [6.45, 7) is 0. The fourth-order valence-electron chi connectivity index (χ4n) is 3.00. The molecule has 1 aliphatic carbocycles. The molecule has 1 N–H and O–H groups in total. The molecular weight excluding hydrogens is 366 g/mol. The lowest BCUT2D eigenvalue weighted by Gasteiger charge is -2.10. The van der Waals surface area contributed by atoms with Crippen LogP contribution in [0.2, 0.25) is 5.02 Å². The third-order valence-electron chi connectivity index (χ3n) is 4.35. The van der Waals surface area contributed by atoms with E-state index >= 15 is 0 Å². The van der Waals surface area contributed by atoms with Crippen LogP contribution in [0.5, 0.6) is 0 Å². The molecule has 1 heterocycles. The number of nitrogens with zero attached hydrogens (tertiary/aromatic N) is 2. The van der Waals surface area contributed by atoms with Crippen LogP contribution in [0, 0.1) is 11.3 Å². The number of pyridine rings is 1. The molecule has 1 amide bonds. The second-order valence-corrected chi connectivity index (χ2v) is 7.74. The number of para-hydroxylation sites is 1. The molecule has 0 fully saturated rings. The van der Waals surface area contributed by atoms with Gasteiger partial charge in [0.25, 0.3) is 0 Å². The second-order valence-electron chi connectivity index (χ2n) is 6.25. The largest absolute Gasteiger partial charge is 0.325 e. The van der Waals surface area contributed by atoms with Crippen LogP contribution in [0.3, 0.4) is 0 Å². The van der Waals surface area contributed by atoms with E-state index in [9.17, 15) is 10.1 Å². The van der Waals surface area contributed by atoms with Gasteiger partial charge in [0.1, 0.15) is 11.1 Å². The molecule has 1 aromatic carbocycles. The van der Waals surface area contributed by atoms with Crippen molar-refractivity contribution in [3.05, 3.63) is 52.2 Å². The van der Waals surface area contributed by atoms with Crippen molar-refractivity contribution in [1.82, 2.24) is 4.98 Å². The minimum atomic E-state index is -0.0983. The van der Waals surface area contributed by atoms with Gasteiger partial charge in [-0.25, -0.2) is 4.98 Å². The number of aryl methyl sites for hydroxylation is 2. The smallest absolute Gasteiger partial charge is 0.225 e. The van der Waals surface area contributed by atoms with Crippen molar-refractivity contribution in [2.45, 2.75) is 43.6 Å². The van der Waals surface area contributed by atoms with Crippen LogP contribution in [0.4, 0.5) is 5.69 Å². The van der Waals surface area contributed by atoms with E-state index in [-0.39, 0.29) is 5.91 Å². The molecule has 26 heavy (non-hydrogen) atoms. The highest BCUT2D eigenvalue weighted by Crippen LogP contribution is 2.27. The minimum absolute atomic E-state index is 0.0983. The van der Waals surface area contributed by atoms with Gasteiger partial charge >= 0.3 is 0 Å². The maximum absolute atomic E-state index is 12.1. The summed E-state index contributed by atoms with van der Waals surface area (Å²) in [5, 5.41) is 13.5. The average Bonchev–Trinajstić information content (AvgIpc) is 2.87. The molecule has 3 rings (SSSR count). The van der Waals surface area contributed by atoms with Gasteiger partial charge < -0.3 is 5.32 Å². The van der Waals surface area contributed by atoms with Crippen LogP contribution in [-0.2, 0) is 17.6 Å². The van der Waals surface area contributed by atoms with Crippen molar-refractivity contribution in [2.24, 2.45) is 0 Å². The lowest BCUT2D eigenvalue weighted by atomic mass is 10.1. The molecule has 0 bridgehead atoms. The molecule has 1 aromatic heterocycles. The van der Waals surface area contributed by atoms with Crippen LogP contribution in [0.1, 0.15) is 42.5 Å². The maximum atomic E-state index is 12.1. The summed E-state index contributed by atoms with van der Waals surface area (Å²) in [5.41, 5.74) is 3.55. The van der Waals surface area contributed by atoms with Crippen molar-refractivity contribution < 1.29 is 4.79 Å². The molecule has 0 atom stereocenters. The highest BCUT2D eigenvalue weighted by Gasteiger charge is 2.15. The van der Waals surface area contributed by atoms with Crippen LogP contribution in [0.15, 0.2) is 35.4 Å². The van der Waals surface area contributed by atoms with Crippen molar-refractivity contribution >= 4 is 35.0 Å². The Morgan fingerprint density at radius 2 is 2.08 bits per heavy atom. The van der Waals surface area contributed by atoms with E-state index in [4.69, 9.17) is 16.6 Å². The number of benzene rings is 1. The van der Waals surface area contributed by atoms with Gasteiger partial charge in [-0.2, -0.15) is 5.26 Å². The summed E-state index contributed by atoms with van der Waals surface area (Å²) < 4.78 is 0. The Hall–Kier alpha value is -2.03. The zero-order chi connectivity index (χ0) is 18.4. The number of aromatic nitrogens is 1. The summed E-state index contributed by atoms with van der Waals surface area (Å²) in [6, 6.07) is 11.4. The molecule has 1 aliphatic rings. The van der Waals surface area contributed by atoms with Gasteiger partial charge in [0.05, 0.1) is 16.3 Å². The van der Waals surface area contributed by atoms with E-state index in [0.717, 1.165) is 36.4 Å². The number of hydrogen-bond acceptors (Lipinski definition) is 4. The molecule has 134 valence electrons. The summed E-state index contributed by atoms with van der Waals surface area (Å²) in [6.07, 6.45) is 5.83. The number of halogens is 1. The first-order valence-electron chi connectivity index (χ1n) is 8.77. The predicted octanol–water partition coefficient (Wildman–Crippen LogP) is 5.00. The van der Waals surface area contributed by atoms with E-state index in [2.05, 4.69) is 11.4 Å². The van der Waals surface area contributed by atoms with Crippen LogP contribution < -0.4 is 5.32 Å². The number of fused-ring (bicyclic) bond motifs is 1. The molecule has 6 heteroatoms. The number of nitriles is 1. The number of carbonyl (C=O) groups excluding carboxylic acids is 1. The number of anilines is 1. The zero-order valence-corrected chi connectivity index (χ0v) is 16.0. The first kappa shape index (κ1) is 18.8. The summed E-state index contributed by atoms with van der Waals surface area (Å²) in [7, 11) is 0. The first-order valence-corrected chi connectivity index (χ1v) is 10.1. The molecule has 0 spiro atoms. The molecular formula is C20H20ClN3OS. The molecule has 0 unspecified atom stereocenters. The number of carbonyl (C=O) groups is 1. The average molecular weight is 386 g/mol. The van der Waals surface area contributed by atoms with Gasteiger partial charge in [0, 0.05) is 17.9 Å². The number of hydrogen-bond donors (Lipinski definition) is 1. The lowest BCUT2D eigenvalue weighted by Crippen LogP contribution is -2.12. The van der Waals surface area contributed by atoms with Gasteiger partial charge in [-0.15, -0.1) is 11.8 Å². The number of thioether (sulfide) groups is 1. The molecule has 4 nitrogen and oxygen atoms in total. The molecule has 0 radical (unpaired) electrons. The van der Waals surface area contributed by atoms with Gasteiger partial charge in [-0.05, 0) is 49.4 Å². The Kier molecular flexibility index (Phi) is 6.54. The van der Waals surface area contributed by atoms with E-state index in [1.165, 1.54) is 23.7 Å². The van der Waals surface area contributed by atoms with E-state index in [1.807, 2.05) is 18.2 Å². The van der Waals surface area contributed by atoms with E-state index in [0.29, 0.717) is 28.4 Å². The molecule has 0 saturated carbocycles. The predicted molar refractivity (Wildman–Crippen MR) is 106 cm³/mol. The van der Waals surface area contributed by atoms with Gasteiger partial charge in [0.15, 0.2) is 0 Å². The van der Waals surface area contributed by atoms with Crippen LogP contribution in [-0.4, -0.2) is 16.6 Å². The second kappa shape index (κ2) is 9.07. The van der Waals surface area contributed by atoms with Crippen LogP contribution >= 0.6 is 23.4 Å². The normalized spacial score (nSPS) is 13.4. The Balaban J connectivity index is 1.61. The fraction of sp³-hybridized carbons (Fsp3) is 0.350. The number of nitrogens with one attached hydrogen (secondary N) is 1. The zero-order valence-electron chi connectivity index (χ0n) is 14.4. The minimum Gasteiger partial charge on any atom is -0.325 e. The van der Waals surface area contributed by atoms with E-state index in [1.54, 1.807) is 12.1 Å². The third kappa shape index (κ3) is 4.78. The van der Waals surface area contributed by atoms with Gasteiger partial charge in [0.2, 0.25) is 5.91 Å². The molecule has 0 aliphatic heterocycles. The third-order valence-corrected chi connectivity index (χ3v) is 5.67. The molecule has 2 aromatic rings. The van der Waals surface area contributed by atoms with Crippen molar-refractivity contribution in [1.29, 1.82) is 5.26 Å². The summed E-state index contributed by atoms with van der Waals surface area (Å²) >= 11 is 7.52. The maximum Gasteiger partial charge on any atom is 0.225 e. The van der Waals surface area contributed by atoms with Crippen molar-refractivity contribution in [3.8, 4) is 6.07 Å². The Labute approximate surface area is 163 Å². The Morgan fingerprint density at radius 1 is 1.27 bits per heavy atom. The van der Waals surface area contributed by atoms with Gasteiger partial charge in [-0.3, -0.25) is 4.79 Å². The van der Waals surface area contributed by atoms with Crippen LogP contribution in [0.25, 0.3) is 0 Å². The summed E-state index contributed by atoms with van der Waals surface area (Å²) in [5.74, 6) is 0.468. The topological polar surface area (TPSA) is 65.8 Å². The number of rotatable bonds is 5. The standard InChI is InChI=1S/C20H20ClN3OS/c21-16-7-4-5-9-18(16)23-19(25)10-11-26-20-15(13-22)12-14-6-2-1-3-8-17(14)24-20/h4-5,7,9,12H,1-3,6,8,10-11H2,(H,23,25). The lowest BCUT2D eigenvalue weighted by molar-refractivity contribution is -0.115.